The third-order valence-electron chi connectivity index (χ3n) is 3.33. The second kappa shape index (κ2) is 5.48. The molecule has 1 unspecified atom stereocenters. The van der Waals surface area contributed by atoms with Crippen molar-refractivity contribution in [2.24, 2.45) is 5.92 Å². The standard InChI is InChI=1S/C12H19N3O3/c1-8(5-6-18-2)15-10(7-9-3-4-9)11(12(16)17)13-14-15/h8-9H,3-7H2,1-2H3,(H,16,17). The molecule has 1 aliphatic rings. The number of carboxylic acid groups (broad SMARTS) is 1. The lowest BCUT2D eigenvalue weighted by atomic mass is 10.1. The summed E-state index contributed by atoms with van der Waals surface area (Å²) >= 11 is 0. The van der Waals surface area contributed by atoms with Crippen molar-refractivity contribution >= 4 is 5.97 Å². The van der Waals surface area contributed by atoms with E-state index >= 15 is 0 Å². The zero-order chi connectivity index (χ0) is 13.1. The van der Waals surface area contributed by atoms with Crippen LogP contribution >= 0.6 is 0 Å². The average molecular weight is 253 g/mol. The van der Waals surface area contributed by atoms with Crippen molar-refractivity contribution in [2.75, 3.05) is 13.7 Å². The predicted octanol–water partition coefficient (Wildman–Crippen LogP) is 1.53. The Balaban J connectivity index is 2.19. The molecule has 1 heterocycles. The first-order valence-electron chi connectivity index (χ1n) is 6.29. The molecule has 100 valence electrons. The van der Waals surface area contributed by atoms with Crippen molar-refractivity contribution in [2.45, 2.75) is 38.6 Å². The van der Waals surface area contributed by atoms with Crippen LogP contribution in [0.4, 0.5) is 0 Å². The zero-order valence-electron chi connectivity index (χ0n) is 10.8. The van der Waals surface area contributed by atoms with Gasteiger partial charge in [-0.05, 0) is 38.5 Å². The van der Waals surface area contributed by atoms with Gasteiger partial charge < -0.3 is 9.84 Å². The van der Waals surface area contributed by atoms with Crippen LogP contribution in [0.3, 0.4) is 0 Å². The molecule has 0 saturated heterocycles. The van der Waals surface area contributed by atoms with Crippen LogP contribution in [0.25, 0.3) is 0 Å². The first-order chi connectivity index (χ1) is 8.63. The Morgan fingerprint density at radius 2 is 2.33 bits per heavy atom. The predicted molar refractivity (Wildman–Crippen MR) is 64.6 cm³/mol. The Kier molecular flexibility index (Phi) is 3.96. The van der Waals surface area contributed by atoms with E-state index in [1.807, 2.05) is 6.92 Å². The minimum absolute atomic E-state index is 0.103. The number of hydrogen-bond acceptors (Lipinski definition) is 4. The fourth-order valence-electron chi connectivity index (χ4n) is 2.03. The van der Waals surface area contributed by atoms with Crippen molar-refractivity contribution in [1.29, 1.82) is 0 Å². The SMILES string of the molecule is COCCC(C)n1nnc(C(=O)O)c1CC1CC1. The number of aromatic carboxylic acids is 1. The lowest BCUT2D eigenvalue weighted by molar-refractivity contribution is 0.0689. The van der Waals surface area contributed by atoms with Crippen molar-refractivity contribution in [1.82, 2.24) is 15.0 Å². The van der Waals surface area contributed by atoms with E-state index in [4.69, 9.17) is 9.84 Å². The van der Waals surface area contributed by atoms with Crippen LogP contribution in [-0.2, 0) is 11.2 Å². The number of ether oxygens (including phenoxy) is 1. The second-order valence-electron chi connectivity index (χ2n) is 4.91. The summed E-state index contributed by atoms with van der Waals surface area (Å²) in [5.74, 6) is -0.384. The van der Waals surface area contributed by atoms with Gasteiger partial charge in [-0.3, -0.25) is 0 Å². The van der Waals surface area contributed by atoms with Crippen molar-refractivity contribution in [3.8, 4) is 0 Å². The molecule has 1 aliphatic carbocycles. The summed E-state index contributed by atoms with van der Waals surface area (Å²) in [4.78, 5) is 11.1. The Hall–Kier alpha value is -1.43. The van der Waals surface area contributed by atoms with Gasteiger partial charge in [-0.25, -0.2) is 9.48 Å². The van der Waals surface area contributed by atoms with Crippen LogP contribution < -0.4 is 0 Å². The van der Waals surface area contributed by atoms with Gasteiger partial charge in [0.15, 0.2) is 5.69 Å². The summed E-state index contributed by atoms with van der Waals surface area (Å²) in [5.41, 5.74) is 0.861. The molecule has 6 nitrogen and oxygen atoms in total. The zero-order valence-corrected chi connectivity index (χ0v) is 10.8. The first-order valence-corrected chi connectivity index (χ1v) is 6.29. The lowest BCUT2D eigenvalue weighted by Gasteiger charge is -2.14. The maximum absolute atomic E-state index is 11.1. The highest BCUT2D eigenvalue weighted by Crippen LogP contribution is 2.33. The quantitative estimate of drug-likeness (QED) is 0.797. The number of carboxylic acids is 1. The topological polar surface area (TPSA) is 77.2 Å². The Morgan fingerprint density at radius 1 is 1.61 bits per heavy atom. The van der Waals surface area contributed by atoms with Gasteiger partial charge in [0.1, 0.15) is 0 Å². The molecular formula is C12H19N3O3. The van der Waals surface area contributed by atoms with Crippen molar-refractivity contribution in [3.05, 3.63) is 11.4 Å². The lowest BCUT2D eigenvalue weighted by Crippen LogP contribution is -2.14. The van der Waals surface area contributed by atoms with Gasteiger partial charge in [-0.15, -0.1) is 5.10 Å². The number of aromatic nitrogens is 3. The number of methoxy groups -OCH3 is 1. The third kappa shape index (κ3) is 2.87. The molecule has 0 aromatic carbocycles. The van der Waals surface area contributed by atoms with Gasteiger partial charge in [0.25, 0.3) is 0 Å². The highest BCUT2D eigenvalue weighted by molar-refractivity contribution is 5.86. The smallest absolute Gasteiger partial charge is 0.358 e. The molecule has 0 spiro atoms. The first kappa shape index (κ1) is 13.0. The minimum atomic E-state index is -0.990. The van der Waals surface area contributed by atoms with E-state index in [0.717, 1.165) is 18.5 Å². The molecule has 18 heavy (non-hydrogen) atoms. The molecule has 0 amide bonds. The summed E-state index contributed by atoms with van der Waals surface area (Å²) in [6.07, 6.45) is 3.93. The fraction of sp³-hybridized carbons (Fsp3) is 0.750. The maximum Gasteiger partial charge on any atom is 0.358 e. The summed E-state index contributed by atoms with van der Waals surface area (Å²) in [5, 5.41) is 16.9. The van der Waals surface area contributed by atoms with E-state index in [1.165, 1.54) is 12.8 Å². The van der Waals surface area contributed by atoms with Gasteiger partial charge >= 0.3 is 5.97 Å². The Labute approximate surface area is 106 Å². The number of nitrogens with zero attached hydrogens (tertiary/aromatic N) is 3. The average Bonchev–Trinajstić information content (AvgIpc) is 3.03. The summed E-state index contributed by atoms with van der Waals surface area (Å²) in [6, 6.07) is 0.110. The van der Waals surface area contributed by atoms with E-state index < -0.39 is 5.97 Å². The molecule has 1 aromatic heterocycles. The highest BCUT2D eigenvalue weighted by Gasteiger charge is 2.29. The van der Waals surface area contributed by atoms with Crippen LogP contribution in [0.15, 0.2) is 0 Å². The molecule has 6 heteroatoms. The largest absolute Gasteiger partial charge is 0.476 e. The molecule has 2 rings (SSSR count). The normalized spacial score (nSPS) is 16.8. The summed E-state index contributed by atoms with van der Waals surface area (Å²) in [6.45, 7) is 2.64. The number of hydrogen-bond donors (Lipinski definition) is 1. The van der Waals surface area contributed by atoms with Crippen LogP contribution in [0, 0.1) is 5.92 Å². The van der Waals surface area contributed by atoms with E-state index in [0.29, 0.717) is 12.5 Å². The van der Waals surface area contributed by atoms with Crippen LogP contribution in [0.5, 0.6) is 0 Å². The Morgan fingerprint density at radius 3 is 2.89 bits per heavy atom. The summed E-state index contributed by atoms with van der Waals surface area (Å²) < 4.78 is 6.79. The van der Waals surface area contributed by atoms with E-state index in [2.05, 4.69) is 10.3 Å². The van der Waals surface area contributed by atoms with Gasteiger partial charge in [-0.2, -0.15) is 0 Å². The van der Waals surface area contributed by atoms with Gasteiger partial charge in [0, 0.05) is 13.7 Å². The molecule has 1 fully saturated rings. The molecule has 1 atom stereocenters. The molecule has 0 aliphatic heterocycles. The van der Waals surface area contributed by atoms with Gasteiger partial charge in [0.05, 0.1) is 11.7 Å². The second-order valence-corrected chi connectivity index (χ2v) is 4.91. The number of carbonyl (C=O) groups is 1. The monoisotopic (exact) mass is 253 g/mol. The molecule has 0 bridgehead atoms. The third-order valence-corrected chi connectivity index (χ3v) is 3.33. The highest BCUT2D eigenvalue weighted by atomic mass is 16.5. The van der Waals surface area contributed by atoms with E-state index in [9.17, 15) is 4.79 Å². The van der Waals surface area contributed by atoms with E-state index in [-0.39, 0.29) is 11.7 Å². The van der Waals surface area contributed by atoms with Crippen LogP contribution in [0.1, 0.15) is 48.4 Å². The summed E-state index contributed by atoms with van der Waals surface area (Å²) in [7, 11) is 1.65. The fourth-order valence-corrected chi connectivity index (χ4v) is 2.03. The molecule has 1 saturated carbocycles. The van der Waals surface area contributed by atoms with Crippen molar-refractivity contribution < 1.29 is 14.6 Å². The van der Waals surface area contributed by atoms with Gasteiger partial charge in [-0.1, -0.05) is 5.21 Å². The maximum atomic E-state index is 11.1. The van der Waals surface area contributed by atoms with Crippen molar-refractivity contribution in [3.63, 3.8) is 0 Å². The molecule has 1 aromatic rings. The van der Waals surface area contributed by atoms with Crippen LogP contribution in [0.2, 0.25) is 0 Å². The minimum Gasteiger partial charge on any atom is -0.476 e. The van der Waals surface area contributed by atoms with Crippen LogP contribution in [-0.4, -0.2) is 39.8 Å². The van der Waals surface area contributed by atoms with Gasteiger partial charge in [0.2, 0.25) is 0 Å². The molecule has 0 radical (unpaired) electrons. The molecular weight excluding hydrogens is 234 g/mol. The van der Waals surface area contributed by atoms with E-state index in [1.54, 1.807) is 11.8 Å². The Bertz CT molecular complexity index is 426. The molecule has 1 N–H and O–H groups in total. The number of rotatable bonds is 7.